The summed E-state index contributed by atoms with van der Waals surface area (Å²) in [6.45, 7) is 2.04. The second-order valence-electron chi connectivity index (χ2n) is 4.89. The number of aryl methyl sites for hydroxylation is 1. The summed E-state index contributed by atoms with van der Waals surface area (Å²) < 4.78 is 5.43. The average Bonchev–Trinajstić information content (AvgIpc) is 2.69. The lowest BCUT2D eigenvalue weighted by molar-refractivity contribution is 0.517. The molecular formula is C15H23NO. The van der Waals surface area contributed by atoms with Crippen molar-refractivity contribution in [3.8, 4) is 0 Å². The van der Waals surface area contributed by atoms with Gasteiger partial charge in [0.05, 0.1) is 12.3 Å². The lowest BCUT2D eigenvalue weighted by atomic mass is 9.91. The van der Waals surface area contributed by atoms with Crippen molar-refractivity contribution in [1.82, 2.24) is 5.32 Å². The van der Waals surface area contributed by atoms with Crippen molar-refractivity contribution in [2.24, 2.45) is 0 Å². The summed E-state index contributed by atoms with van der Waals surface area (Å²) in [6, 6.07) is 2.43. The Labute approximate surface area is 104 Å². The Hall–Kier alpha value is -1.02. The number of nitrogens with one attached hydrogen (secondary N) is 1. The first-order valence-electron chi connectivity index (χ1n) is 6.73. The molecule has 0 saturated heterocycles. The zero-order chi connectivity index (χ0) is 12.1. The number of hydrogen-bond donors (Lipinski definition) is 1. The molecule has 2 nitrogen and oxygen atoms in total. The smallest absolute Gasteiger partial charge is 0.105 e. The van der Waals surface area contributed by atoms with Crippen molar-refractivity contribution in [1.29, 1.82) is 0 Å². The van der Waals surface area contributed by atoms with Crippen LogP contribution in [-0.4, -0.2) is 7.05 Å². The molecule has 0 aromatic carbocycles. The van der Waals surface area contributed by atoms with E-state index in [0.29, 0.717) is 6.04 Å². The number of hydrogen-bond acceptors (Lipinski definition) is 2. The molecule has 1 atom stereocenters. The van der Waals surface area contributed by atoms with Gasteiger partial charge in [0.15, 0.2) is 0 Å². The molecule has 1 aromatic heterocycles. The summed E-state index contributed by atoms with van der Waals surface area (Å²) in [7, 11) is 2.04. The summed E-state index contributed by atoms with van der Waals surface area (Å²) in [5.41, 5.74) is 2.83. The number of likely N-dealkylation sites (N-methyl/N-ethyl adjacent to an activating group) is 1. The summed E-state index contributed by atoms with van der Waals surface area (Å²) >= 11 is 0. The van der Waals surface area contributed by atoms with Crippen molar-refractivity contribution in [3.63, 3.8) is 0 Å². The Morgan fingerprint density at radius 3 is 2.76 bits per heavy atom. The van der Waals surface area contributed by atoms with Crippen LogP contribution in [0.3, 0.4) is 0 Å². The third kappa shape index (κ3) is 3.01. The molecule has 0 aliphatic heterocycles. The minimum atomic E-state index is 0.340. The van der Waals surface area contributed by atoms with Crippen LogP contribution in [0, 0.1) is 6.92 Å². The predicted molar refractivity (Wildman–Crippen MR) is 71.0 cm³/mol. The molecule has 1 aliphatic rings. The van der Waals surface area contributed by atoms with E-state index in [-0.39, 0.29) is 0 Å². The molecule has 1 unspecified atom stereocenters. The minimum Gasteiger partial charge on any atom is -0.469 e. The Balaban J connectivity index is 2.19. The minimum absolute atomic E-state index is 0.340. The highest BCUT2D eigenvalue weighted by atomic mass is 16.3. The van der Waals surface area contributed by atoms with Gasteiger partial charge in [-0.15, -0.1) is 0 Å². The Kier molecular flexibility index (Phi) is 4.43. The van der Waals surface area contributed by atoms with Crippen LogP contribution in [0.4, 0.5) is 0 Å². The van der Waals surface area contributed by atoms with Gasteiger partial charge in [-0.3, -0.25) is 0 Å². The molecule has 2 heteroatoms. The average molecular weight is 233 g/mol. The molecule has 1 aromatic rings. The Morgan fingerprint density at radius 1 is 1.24 bits per heavy atom. The van der Waals surface area contributed by atoms with E-state index in [1.807, 2.05) is 14.0 Å². The SMILES string of the molecule is CNC(/C1=C/CCCCCC1)c1ccoc1C. The standard InChI is InChI=1S/C15H23NO/c1-12-14(10-11-17-12)15(16-2)13-8-6-4-3-5-7-9-13/h8,10-11,15-16H,3-7,9H2,1-2H3/b13-8+. The number of furan rings is 1. The molecule has 0 bridgehead atoms. The third-order valence-corrected chi connectivity index (χ3v) is 3.70. The fraction of sp³-hybridized carbons (Fsp3) is 0.600. The summed E-state index contributed by atoms with van der Waals surface area (Å²) in [5, 5.41) is 3.43. The van der Waals surface area contributed by atoms with Gasteiger partial charge in [0.2, 0.25) is 0 Å². The van der Waals surface area contributed by atoms with Crippen molar-refractivity contribution in [2.45, 2.75) is 51.5 Å². The van der Waals surface area contributed by atoms with Crippen LogP contribution in [0.5, 0.6) is 0 Å². The van der Waals surface area contributed by atoms with Crippen LogP contribution in [-0.2, 0) is 0 Å². The highest BCUT2D eigenvalue weighted by Crippen LogP contribution is 2.30. The van der Waals surface area contributed by atoms with Gasteiger partial charge in [0.25, 0.3) is 0 Å². The monoisotopic (exact) mass is 233 g/mol. The third-order valence-electron chi connectivity index (χ3n) is 3.70. The Morgan fingerprint density at radius 2 is 2.06 bits per heavy atom. The highest BCUT2D eigenvalue weighted by Gasteiger charge is 2.18. The van der Waals surface area contributed by atoms with Gasteiger partial charge in [0, 0.05) is 5.56 Å². The predicted octanol–water partition coefficient (Wildman–Crippen LogP) is 4.13. The largest absolute Gasteiger partial charge is 0.469 e. The molecule has 0 amide bonds. The van der Waals surface area contributed by atoms with E-state index in [4.69, 9.17) is 4.42 Å². The second kappa shape index (κ2) is 6.06. The zero-order valence-corrected chi connectivity index (χ0v) is 11.0. The molecular weight excluding hydrogens is 210 g/mol. The van der Waals surface area contributed by atoms with Crippen LogP contribution < -0.4 is 5.32 Å². The molecule has 2 rings (SSSR count). The maximum atomic E-state index is 5.43. The van der Waals surface area contributed by atoms with E-state index >= 15 is 0 Å². The topological polar surface area (TPSA) is 25.2 Å². The van der Waals surface area contributed by atoms with Crippen LogP contribution >= 0.6 is 0 Å². The van der Waals surface area contributed by atoms with Gasteiger partial charge in [-0.2, -0.15) is 0 Å². The van der Waals surface area contributed by atoms with E-state index in [0.717, 1.165) is 5.76 Å². The number of rotatable bonds is 3. The molecule has 1 aliphatic carbocycles. The quantitative estimate of drug-likeness (QED) is 0.794. The molecule has 17 heavy (non-hydrogen) atoms. The van der Waals surface area contributed by atoms with Gasteiger partial charge >= 0.3 is 0 Å². The Bertz CT molecular complexity index is 378. The molecule has 94 valence electrons. The first kappa shape index (κ1) is 12.4. The molecule has 0 fully saturated rings. The van der Waals surface area contributed by atoms with Crippen molar-refractivity contribution < 1.29 is 4.42 Å². The van der Waals surface area contributed by atoms with Gasteiger partial charge in [-0.05, 0) is 45.7 Å². The second-order valence-corrected chi connectivity index (χ2v) is 4.89. The van der Waals surface area contributed by atoms with E-state index in [2.05, 4.69) is 17.5 Å². The van der Waals surface area contributed by atoms with Crippen molar-refractivity contribution in [2.75, 3.05) is 7.05 Å². The van der Waals surface area contributed by atoms with E-state index in [1.54, 1.807) is 6.26 Å². The lowest BCUT2D eigenvalue weighted by Crippen LogP contribution is -2.19. The van der Waals surface area contributed by atoms with Gasteiger partial charge in [-0.1, -0.05) is 24.5 Å². The van der Waals surface area contributed by atoms with Crippen LogP contribution in [0.2, 0.25) is 0 Å². The van der Waals surface area contributed by atoms with Crippen LogP contribution in [0.1, 0.15) is 55.9 Å². The fourth-order valence-corrected chi connectivity index (χ4v) is 2.71. The van der Waals surface area contributed by atoms with E-state index in [1.165, 1.54) is 49.7 Å². The molecule has 1 heterocycles. The van der Waals surface area contributed by atoms with E-state index < -0.39 is 0 Å². The van der Waals surface area contributed by atoms with Gasteiger partial charge < -0.3 is 9.73 Å². The van der Waals surface area contributed by atoms with Crippen molar-refractivity contribution in [3.05, 3.63) is 35.3 Å². The first-order valence-corrected chi connectivity index (χ1v) is 6.73. The summed E-state index contributed by atoms with van der Waals surface area (Å²) in [6.07, 6.45) is 12.1. The van der Waals surface area contributed by atoms with Gasteiger partial charge in [0.1, 0.15) is 5.76 Å². The van der Waals surface area contributed by atoms with Crippen LogP contribution in [0.25, 0.3) is 0 Å². The zero-order valence-electron chi connectivity index (χ0n) is 11.0. The van der Waals surface area contributed by atoms with Crippen molar-refractivity contribution >= 4 is 0 Å². The fourth-order valence-electron chi connectivity index (χ4n) is 2.71. The maximum Gasteiger partial charge on any atom is 0.105 e. The van der Waals surface area contributed by atoms with Gasteiger partial charge in [-0.25, -0.2) is 0 Å². The number of allylic oxidation sites excluding steroid dienone is 1. The lowest BCUT2D eigenvalue weighted by Gasteiger charge is -2.21. The maximum absolute atomic E-state index is 5.43. The summed E-state index contributed by atoms with van der Waals surface area (Å²) in [4.78, 5) is 0. The molecule has 0 spiro atoms. The first-order chi connectivity index (χ1) is 8.33. The highest BCUT2D eigenvalue weighted by molar-refractivity contribution is 5.29. The van der Waals surface area contributed by atoms with Crippen LogP contribution in [0.15, 0.2) is 28.4 Å². The molecule has 0 radical (unpaired) electrons. The normalized spacial score (nSPS) is 22.4. The van der Waals surface area contributed by atoms with E-state index in [9.17, 15) is 0 Å². The molecule has 1 N–H and O–H groups in total. The summed E-state index contributed by atoms with van der Waals surface area (Å²) in [5.74, 6) is 1.03. The molecule has 0 saturated carbocycles.